The molecule has 2 aliphatic rings. The molecule has 8 rings (SSSR count). The predicted octanol–water partition coefficient (Wildman–Crippen LogP) is 9.19. The van der Waals surface area contributed by atoms with Gasteiger partial charge < -0.3 is 19.1 Å². The molecule has 1 atom stereocenters. The fourth-order valence-electron chi connectivity index (χ4n) is 7.29. The Hall–Kier alpha value is -6.84. The third-order valence-electron chi connectivity index (χ3n) is 9.73. The maximum Gasteiger partial charge on any atom is 0.195 e. The number of benzene rings is 6. The summed E-state index contributed by atoms with van der Waals surface area (Å²) in [4.78, 5) is 9.59. The van der Waals surface area contributed by atoms with Gasteiger partial charge in [-0.2, -0.15) is 10.5 Å². The Balaban J connectivity index is 1.43. The van der Waals surface area contributed by atoms with E-state index in [1.807, 2.05) is 42.5 Å². The monoisotopic (exact) mass is 649 g/mol. The van der Waals surface area contributed by atoms with Crippen molar-refractivity contribution < 1.29 is 14.2 Å². The number of fused-ring (bicyclic) bond motifs is 8. The Labute approximate surface area is 288 Å². The highest BCUT2D eigenvalue weighted by Crippen LogP contribution is 2.52. The average Bonchev–Trinajstić information content (AvgIpc) is 3.19. The molecule has 0 amide bonds. The summed E-state index contributed by atoms with van der Waals surface area (Å²) in [7, 11) is 1.60. The first-order valence-electron chi connectivity index (χ1n) is 16.1. The van der Waals surface area contributed by atoms with Gasteiger partial charge in [-0.3, -0.25) is 9.69 Å². The topological polar surface area (TPSA) is 87.2 Å². The van der Waals surface area contributed by atoms with Crippen molar-refractivity contribution in [2.24, 2.45) is 0 Å². The van der Waals surface area contributed by atoms with E-state index >= 15 is 0 Å². The highest BCUT2D eigenvalue weighted by Gasteiger charge is 2.39. The van der Waals surface area contributed by atoms with E-state index in [0.29, 0.717) is 35.5 Å². The lowest BCUT2D eigenvalue weighted by Gasteiger charge is -2.37. The lowest BCUT2D eigenvalue weighted by Crippen LogP contribution is -2.36. The molecule has 0 bridgehead atoms. The number of ether oxygens (including phenoxy) is 3. The first-order chi connectivity index (χ1) is 24.5. The van der Waals surface area contributed by atoms with Crippen molar-refractivity contribution in [3.05, 3.63) is 142 Å². The van der Waals surface area contributed by atoms with Gasteiger partial charge in [-0.15, -0.1) is 0 Å². The lowest BCUT2D eigenvalue weighted by molar-refractivity contribution is 0.122. The van der Waals surface area contributed by atoms with Gasteiger partial charge in [0.25, 0.3) is 0 Å². The van der Waals surface area contributed by atoms with Crippen LogP contribution in [0.4, 0.5) is 17.1 Å². The largest absolute Gasteiger partial charge is 0.493 e. The zero-order valence-corrected chi connectivity index (χ0v) is 27.0. The van der Waals surface area contributed by atoms with Gasteiger partial charge >= 0.3 is 0 Å². The zero-order chi connectivity index (χ0) is 34.4. The van der Waals surface area contributed by atoms with E-state index in [4.69, 9.17) is 27.4 Å². The Bertz CT molecular complexity index is 2580. The van der Waals surface area contributed by atoms with Crippen LogP contribution in [0.1, 0.15) is 27.8 Å². The van der Waals surface area contributed by atoms with Crippen molar-refractivity contribution >= 4 is 55.5 Å². The van der Waals surface area contributed by atoms with Crippen LogP contribution in [0.3, 0.4) is 0 Å². The average molecular weight is 650 g/mol. The van der Waals surface area contributed by atoms with Crippen LogP contribution >= 0.6 is 0 Å². The molecule has 0 aromatic heterocycles. The minimum Gasteiger partial charge on any atom is -0.493 e. The number of methoxy groups -OCH3 is 1. The quantitative estimate of drug-likeness (QED) is 0.140. The molecule has 0 saturated carbocycles. The third-order valence-corrected chi connectivity index (χ3v) is 9.73. The molecule has 2 aliphatic heterocycles. The number of hydrogen-bond donors (Lipinski definition) is 0. The summed E-state index contributed by atoms with van der Waals surface area (Å²) in [6, 6.07) is 31.6. The van der Waals surface area contributed by atoms with E-state index in [1.165, 1.54) is 0 Å². The lowest BCUT2D eigenvalue weighted by atomic mass is 9.82. The van der Waals surface area contributed by atoms with Crippen LogP contribution in [0.2, 0.25) is 0 Å². The Morgan fingerprint density at radius 2 is 1.34 bits per heavy atom. The van der Waals surface area contributed by atoms with Crippen LogP contribution in [-0.4, -0.2) is 33.4 Å². The number of hydrogen-bond acceptors (Lipinski definition) is 6. The van der Waals surface area contributed by atoms with E-state index in [0.717, 1.165) is 57.0 Å². The highest BCUT2D eigenvalue weighted by molar-refractivity contribution is 6.29. The second kappa shape index (κ2) is 12.0. The van der Waals surface area contributed by atoms with Gasteiger partial charge in [-0.25, -0.2) is 0 Å². The molecular formula is C42H27N5O3. The van der Waals surface area contributed by atoms with Gasteiger partial charge in [-0.05, 0) is 69.4 Å². The first kappa shape index (κ1) is 30.5. The summed E-state index contributed by atoms with van der Waals surface area (Å²) in [6.45, 7) is 18.6. The summed E-state index contributed by atoms with van der Waals surface area (Å²) >= 11 is 0. The van der Waals surface area contributed by atoms with Crippen LogP contribution in [-0.2, 0) is 10.3 Å². The third kappa shape index (κ3) is 4.60. The van der Waals surface area contributed by atoms with Crippen LogP contribution < -0.4 is 14.4 Å². The molecule has 2 heterocycles. The van der Waals surface area contributed by atoms with Gasteiger partial charge in [0.05, 0.1) is 44.6 Å². The molecule has 238 valence electrons. The Kier molecular flexibility index (Phi) is 7.32. The van der Waals surface area contributed by atoms with Crippen molar-refractivity contribution in [2.75, 3.05) is 38.3 Å². The highest BCUT2D eigenvalue weighted by atomic mass is 16.5. The Morgan fingerprint density at radius 3 is 1.96 bits per heavy atom. The molecule has 1 unspecified atom stereocenters. The summed E-state index contributed by atoms with van der Waals surface area (Å²) in [5.74, 6) is 1.02. The molecule has 1 saturated heterocycles. The van der Waals surface area contributed by atoms with Crippen molar-refractivity contribution in [1.29, 1.82) is 10.5 Å². The van der Waals surface area contributed by atoms with Crippen LogP contribution in [0, 0.1) is 35.8 Å². The minimum absolute atomic E-state index is 0.219. The SMILES string of the molecule is [C-]#[N+]c1cc2c3cc(C#N)c(C#N)cc3c3c4c(c(OC)cc3c2cc1[N+]#[C-])OC(c1ccccc1)(c1ccc(N2CCOCC2)cc1)C=C4. The van der Waals surface area contributed by atoms with E-state index in [-0.39, 0.29) is 22.5 Å². The number of nitriles is 2. The fraction of sp³-hybridized carbons (Fsp3) is 0.143. The predicted molar refractivity (Wildman–Crippen MR) is 194 cm³/mol. The second-order valence-electron chi connectivity index (χ2n) is 12.2. The molecule has 0 radical (unpaired) electrons. The minimum atomic E-state index is -1.00. The zero-order valence-electron chi connectivity index (χ0n) is 27.0. The first-order valence-corrected chi connectivity index (χ1v) is 16.1. The van der Waals surface area contributed by atoms with Gasteiger partial charge in [0.2, 0.25) is 0 Å². The van der Waals surface area contributed by atoms with Crippen molar-refractivity contribution in [3.8, 4) is 23.6 Å². The van der Waals surface area contributed by atoms with E-state index in [1.54, 1.807) is 31.4 Å². The smallest absolute Gasteiger partial charge is 0.195 e. The van der Waals surface area contributed by atoms with E-state index in [9.17, 15) is 10.5 Å². The van der Waals surface area contributed by atoms with Crippen LogP contribution in [0.15, 0.2) is 91.0 Å². The van der Waals surface area contributed by atoms with Crippen molar-refractivity contribution in [1.82, 2.24) is 0 Å². The van der Waals surface area contributed by atoms with Gasteiger partial charge in [0, 0.05) is 40.9 Å². The van der Waals surface area contributed by atoms with Crippen LogP contribution in [0.5, 0.6) is 11.5 Å². The standard InChI is InChI=1S/C42H27N5O3/c1-45-37-21-33-32-19-26(24-43)27(25-44)20-35(32)40-31-13-14-42(28-7-5-4-6-8-28,29-9-11-30(12-10-29)47-15-17-49-18-16-47)50-41(31)39(48-3)23-36(40)34(33)22-38(37)46-2/h4-14,19-23H,15-18H2,3H3. The van der Waals surface area contributed by atoms with Crippen molar-refractivity contribution in [2.45, 2.75) is 5.60 Å². The normalized spacial score (nSPS) is 16.5. The number of nitrogens with zero attached hydrogens (tertiary/aromatic N) is 5. The molecule has 6 aromatic carbocycles. The van der Waals surface area contributed by atoms with Crippen LogP contribution in [0.25, 0.3) is 48.1 Å². The molecular weight excluding hydrogens is 622 g/mol. The molecule has 0 N–H and O–H groups in total. The Morgan fingerprint density at radius 1 is 0.760 bits per heavy atom. The van der Waals surface area contributed by atoms with Gasteiger partial charge in [-0.1, -0.05) is 54.6 Å². The molecule has 8 heteroatoms. The molecule has 6 aromatic rings. The molecule has 8 nitrogen and oxygen atoms in total. The van der Waals surface area contributed by atoms with E-state index in [2.05, 4.69) is 57.1 Å². The number of anilines is 1. The number of morpholine rings is 1. The molecule has 1 fully saturated rings. The second-order valence-corrected chi connectivity index (χ2v) is 12.2. The van der Waals surface area contributed by atoms with Gasteiger partial charge in [0.15, 0.2) is 28.5 Å². The fourth-order valence-corrected chi connectivity index (χ4v) is 7.29. The maximum absolute atomic E-state index is 10.0. The van der Waals surface area contributed by atoms with Gasteiger partial charge in [0.1, 0.15) is 12.1 Å². The summed E-state index contributed by atoms with van der Waals surface area (Å²) in [5.41, 5.74) is 3.66. The molecule has 0 spiro atoms. The van der Waals surface area contributed by atoms with E-state index < -0.39 is 5.60 Å². The maximum atomic E-state index is 10.0. The molecule has 0 aliphatic carbocycles. The summed E-state index contributed by atoms with van der Waals surface area (Å²) in [6.07, 6.45) is 4.11. The molecule has 50 heavy (non-hydrogen) atoms. The summed E-state index contributed by atoms with van der Waals surface area (Å²) in [5, 5.41) is 24.4. The number of rotatable bonds is 4. The summed E-state index contributed by atoms with van der Waals surface area (Å²) < 4.78 is 18.8. The van der Waals surface area contributed by atoms with Crippen molar-refractivity contribution in [3.63, 3.8) is 0 Å².